The van der Waals surface area contributed by atoms with E-state index in [4.69, 9.17) is 5.73 Å². The molecule has 2 aromatic carbocycles. The quantitative estimate of drug-likeness (QED) is 0.752. The number of hydrogen-bond donors (Lipinski definition) is 1. The predicted octanol–water partition coefficient (Wildman–Crippen LogP) is 3.66. The minimum absolute atomic E-state index is 0.254. The summed E-state index contributed by atoms with van der Waals surface area (Å²) in [6.07, 6.45) is 0. The SMILES string of the molecule is Cc1ccc(N)cc1-c1c(F)cc(F)cc1F. The molecule has 0 aliphatic heterocycles. The Hall–Kier alpha value is -1.97. The summed E-state index contributed by atoms with van der Waals surface area (Å²) < 4.78 is 40.0. The van der Waals surface area contributed by atoms with Crippen LogP contribution in [0.25, 0.3) is 11.1 Å². The Labute approximate surface area is 96.7 Å². The van der Waals surface area contributed by atoms with Crippen LogP contribution in [0.1, 0.15) is 5.56 Å². The molecule has 0 aliphatic carbocycles. The summed E-state index contributed by atoms with van der Waals surface area (Å²) in [5.74, 6) is -2.81. The van der Waals surface area contributed by atoms with Gasteiger partial charge in [0.2, 0.25) is 0 Å². The Morgan fingerprint density at radius 1 is 0.941 bits per heavy atom. The maximum Gasteiger partial charge on any atom is 0.136 e. The van der Waals surface area contributed by atoms with Gasteiger partial charge < -0.3 is 5.73 Å². The minimum atomic E-state index is -0.940. The predicted molar refractivity (Wildman–Crippen MR) is 60.9 cm³/mol. The Balaban J connectivity index is 2.72. The number of halogens is 3. The summed E-state index contributed by atoms with van der Waals surface area (Å²) in [6.45, 7) is 1.71. The standard InChI is InChI=1S/C13H10F3N/c1-7-2-3-9(17)6-10(7)13-11(15)4-8(14)5-12(13)16/h2-6H,17H2,1H3. The summed E-state index contributed by atoms with van der Waals surface area (Å²) in [7, 11) is 0. The summed E-state index contributed by atoms with van der Waals surface area (Å²) in [5, 5.41) is 0. The number of benzene rings is 2. The molecule has 0 aromatic heterocycles. The van der Waals surface area contributed by atoms with E-state index >= 15 is 0 Å². The Morgan fingerprint density at radius 2 is 1.53 bits per heavy atom. The highest BCUT2D eigenvalue weighted by atomic mass is 19.1. The molecule has 2 rings (SSSR count). The molecular weight excluding hydrogens is 227 g/mol. The first-order chi connectivity index (χ1) is 7.99. The van der Waals surface area contributed by atoms with Crippen molar-refractivity contribution in [3.05, 3.63) is 53.3 Å². The number of anilines is 1. The topological polar surface area (TPSA) is 26.0 Å². The van der Waals surface area contributed by atoms with Crippen LogP contribution >= 0.6 is 0 Å². The summed E-state index contributed by atoms with van der Waals surface area (Å²) >= 11 is 0. The Kier molecular flexibility index (Phi) is 2.79. The molecular formula is C13H10F3N. The molecule has 0 amide bonds. The van der Waals surface area contributed by atoms with Crippen LogP contribution in [0.15, 0.2) is 30.3 Å². The molecule has 0 unspecified atom stereocenters. The van der Waals surface area contributed by atoms with Crippen LogP contribution < -0.4 is 5.73 Å². The van der Waals surface area contributed by atoms with Crippen LogP contribution in [0.5, 0.6) is 0 Å². The average Bonchev–Trinajstić information content (AvgIpc) is 2.21. The van der Waals surface area contributed by atoms with Crippen LogP contribution in [0, 0.1) is 24.4 Å². The van der Waals surface area contributed by atoms with E-state index in [0.717, 1.165) is 0 Å². The van der Waals surface area contributed by atoms with E-state index in [2.05, 4.69) is 0 Å². The number of hydrogen-bond acceptors (Lipinski definition) is 1. The molecule has 0 fully saturated rings. The highest BCUT2D eigenvalue weighted by molar-refractivity contribution is 5.71. The summed E-state index contributed by atoms with van der Waals surface area (Å²) in [4.78, 5) is 0. The van der Waals surface area contributed by atoms with Gasteiger partial charge in [-0.25, -0.2) is 13.2 Å². The molecule has 0 bridgehead atoms. The molecule has 0 radical (unpaired) electrons. The van der Waals surface area contributed by atoms with Gasteiger partial charge in [0, 0.05) is 17.8 Å². The van der Waals surface area contributed by atoms with Crippen LogP contribution in [-0.4, -0.2) is 0 Å². The molecule has 88 valence electrons. The van der Waals surface area contributed by atoms with E-state index in [1.54, 1.807) is 19.1 Å². The maximum atomic E-state index is 13.6. The van der Waals surface area contributed by atoms with Gasteiger partial charge in [0.05, 0.1) is 5.56 Å². The lowest BCUT2D eigenvalue weighted by Crippen LogP contribution is -1.96. The van der Waals surface area contributed by atoms with E-state index in [1.807, 2.05) is 0 Å². The summed E-state index contributed by atoms with van der Waals surface area (Å²) in [5.41, 5.74) is 6.72. The zero-order valence-electron chi connectivity index (χ0n) is 9.10. The fraction of sp³-hybridized carbons (Fsp3) is 0.0769. The van der Waals surface area contributed by atoms with Gasteiger partial charge in [-0.2, -0.15) is 0 Å². The number of rotatable bonds is 1. The number of aryl methyl sites for hydroxylation is 1. The van der Waals surface area contributed by atoms with Crippen LogP contribution in [0.2, 0.25) is 0 Å². The fourth-order valence-corrected chi connectivity index (χ4v) is 1.71. The van der Waals surface area contributed by atoms with Gasteiger partial charge >= 0.3 is 0 Å². The largest absolute Gasteiger partial charge is 0.399 e. The second-order valence-corrected chi connectivity index (χ2v) is 3.82. The Bertz CT molecular complexity index is 556. The van der Waals surface area contributed by atoms with Gasteiger partial charge in [-0.05, 0) is 30.2 Å². The van der Waals surface area contributed by atoms with E-state index in [-0.39, 0.29) is 5.56 Å². The van der Waals surface area contributed by atoms with Crippen LogP contribution in [0.3, 0.4) is 0 Å². The molecule has 1 nitrogen and oxygen atoms in total. The van der Waals surface area contributed by atoms with E-state index in [1.165, 1.54) is 6.07 Å². The van der Waals surface area contributed by atoms with Crippen LogP contribution in [0.4, 0.5) is 18.9 Å². The van der Waals surface area contributed by atoms with Crippen LogP contribution in [-0.2, 0) is 0 Å². The molecule has 0 heterocycles. The van der Waals surface area contributed by atoms with Crippen molar-refractivity contribution in [3.8, 4) is 11.1 Å². The third-order valence-corrected chi connectivity index (χ3v) is 2.54. The zero-order valence-corrected chi connectivity index (χ0v) is 9.10. The molecule has 17 heavy (non-hydrogen) atoms. The van der Waals surface area contributed by atoms with Gasteiger partial charge in [-0.1, -0.05) is 6.07 Å². The second kappa shape index (κ2) is 4.13. The number of nitrogens with two attached hydrogens (primary N) is 1. The monoisotopic (exact) mass is 237 g/mol. The first-order valence-corrected chi connectivity index (χ1v) is 5.00. The van der Waals surface area contributed by atoms with Gasteiger partial charge in [-0.3, -0.25) is 0 Å². The molecule has 0 saturated carbocycles. The normalized spacial score (nSPS) is 10.6. The molecule has 0 atom stereocenters. The minimum Gasteiger partial charge on any atom is -0.399 e. The lowest BCUT2D eigenvalue weighted by molar-refractivity contribution is 0.548. The van der Waals surface area contributed by atoms with Crippen molar-refractivity contribution in [2.45, 2.75) is 6.92 Å². The van der Waals surface area contributed by atoms with Crippen molar-refractivity contribution in [1.82, 2.24) is 0 Å². The molecule has 2 aromatic rings. The Morgan fingerprint density at radius 3 is 2.12 bits per heavy atom. The van der Waals surface area contributed by atoms with Gasteiger partial charge in [-0.15, -0.1) is 0 Å². The average molecular weight is 237 g/mol. The number of nitrogen functional groups attached to an aromatic ring is 1. The second-order valence-electron chi connectivity index (χ2n) is 3.82. The van der Waals surface area contributed by atoms with Crippen molar-refractivity contribution < 1.29 is 13.2 Å². The molecule has 2 N–H and O–H groups in total. The highest BCUT2D eigenvalue weighted by Gasteiger charge is 2.15. The smallest absolute Gasteiger partial charge is 0.136 e. The van der Waals surface area contributed by atoms with Crippen molar-refractivity contribution in [1.29, 1.82) is 0 Å². The van der Waals surface area contributed by atoms with E-state index < -0.39 is 17.5 Å². The van der Waals surface area contributed by atoms with Crippen molar-refractivity contribution >= 4 is 5.69 Å². The van der Waals surface area contributed by atoms with Crippen molar-refractivity contribution in [2.24, 2.45) is 0 Å². The molecule has 0 aliphatic rings. The van der Waals surface area contributed by atoms with E-state index in [9.17, 15) is 13.2 Å². The highest BCUT2D eigenvalue weighted by Crippen LogP contribution is 2.30. The maximum absolute atomic E-state index is 13.6. The van der Waals surface area contributed by atoms with Crippen molar-refractivity contribution in [3.63, 3.8) is 0 Å². The first-order valence-electron chi connectivity index (χ1n) is 5.00. The van der Waals surface area contributed by atoms with Gasteiger partial charge in [0.25, 0.3) is 0 Å². The summed E-state index contributed by atoms with van der Waals surface area (Å²) in [6, 6.07) is 6.07. The molecule has 4 heteroatoms. The van der Waals surface area contributed by atoms with Gasteiger partial charge in [0.1, 0.15) is 17.5 Å². The molecule has 0 spiro atoms. The van der Waals surface area contributed by atoms with Gasteiger partial charge in [0.15, 0.2) is 0 Å². The first kappa shape index (κ1) is 11.5. The molecule has 0 saturated heterocycles. The fourth-order valence-electron chi connectivity index (χ4n) is 1.71. The zero-order chi connectivity index (χ0) is 12.6. The third-order valence-electron chi connectivity index (χ3n) is 2.54. The lowest BCUT2D eigenvalue weighted by atomic mass is 9.99. The van der Waals surface area contributed by atoms with Crippen molar-refractivity contribution in [2.75, 3.05) is 5.73 Å². The van der Waals surface area contributed by atoms with E-state index in [0.29, 0.717) is 28.9 Å². The lowest BCUT2D eigenvalue weighted by Gasteiger charge is -2.09. The third kappa shape index (κ3) is 2.11.